The lowest BCUT2D eigenvalue weighted by atomic mass is 10.1. The Bertz CT molecular complexity index is 792. The van der Waals surface area contributed by atoms with Crippen molar-refractivity contribution < 1.29 is 9.59 Å². The first-order chi connectivity index (χ1) is 11.6. The van der Waals surface area contributed by atoms with Crippen molar-refractivity contribution in [1.29, 1.82) is 0 Å². The van der Waals surface area contributed by atoms with Gasteiger partial charge >= 0.3 is 0 Å². The number of nitrogens with one attached hydrogen (secondary N) is 1. The third-order valence-electron chi connectivity index (χ3n) is 4.61. The number of anilines is 1. The van der Waals surface area contributed by atoms with Crippen LogP contribution in [-0.2, 0) is 4.79 Å². The third kappa shape index (κ3) is 2.47. The summed E-state index contributed by atoms with van der Waals surface area (Å²) in [4.78, 5) is 34.4. The lowest BCUT2D eigenvalue weighted by Crippen LogP contribution is -2.35. The Morgan fingerprint density at radius 1 is 1.25 bits per heavy atom. The van der Waals surface area contributed by atoms with Crippen molar-refractivity contribution in [3.8, 4) is 11.3 Å². The Morgan fingerprint density at radius 2 is 2.04 bits per heavy atom. The van der Waals surface area contributed by atoms with Gasteiger partial charge in [-0.3, -0.25) is 9.59 Å². The number of nitrogen functional groups attached to an aromatic ring is 1. The molecule has 3 heterocycles. The zero-order chi connectivity index (χ0) is 16.7. The van der Waals surface area contributed by atoms with Gasteiger partial charge in [0.1, 0.15) is 0 Å². The number of amides is 2. The molecule has 2 aliphatic rings. The average Bonchev–Trinajstić information content (AvgIpc) is 3.12. The van der Waals surface area contributed by atoms with Crippen molar-refractivity contribution >= 4 is 17.8 Å². The van der Waals surface area contributed by atoms with E-state index in [-0.39, 0.29) is 29.7 Å². The monoisotopic (exact) mass is 323 g/mol. The van der Waals surface area contributed by atoms with Gasteiger partial charge in [-0.2, -0.15) is 0 Å². The Labute approximate surface area is 138 Å². The van der Waals surface area contributed by atoms with Gasteiger partial charge in [0.15, 0.2) is 0 Å². The van der Waals surface area contributed by atoms with E-state index in [0.29, 0.717) is 30.8 Å². The van der Waals surface area contributed by atoms with Crippen LogP contribution in [0.25, 0.3) is 11.3 Å². The molecule has 0 aliphatic carbocycles. The van der Waals surface area contributed by atoms with Gasteiger partial charge in [-0.15, -0.1) is 0 Å². The fraction of sp³-hybridized carbons (Fsp3) is 0.294. The Kier molecular flexibility index (Phi) is 3.41. The van der Waals surface area contributed by atoms with Gasteiger partial charge in [0.05, 0.1) is 17.3 Å². The highest BCUT2D eigenvalue weighted by Gasteiger charge is 2.42. The van der Waals surface area contributed by atoms with Gasteiger partial charge in [-0.05, 0) is 0 Å². The van der Waals surface area contributed by atoms with E-state index < -0.39 is 0 Å². The van der Waals surface area contributed by atoms with E-state index in [1.807, 2.05) is 30.3 Å². The molecule has 7 nitrogen and oxygen atoms in total. The smallest absolute Gasteiger partial charge is 0.257 e. The summed E-state index contributed by atoms with van der Waals surface area (Å²) in [6.45, 7) is 1.09. The number of carbonyl (C=O) groups excluding carboxylic acids is 2. The first kappa shape index (κ1) is 14.6. The summed E-state index contributed by atoms with van der Waals surface area (Å²) in [6.07, 6.45) is 1.97. The minimum Gasteiger partial charge on any atom is -0.368 e. The van der Waals surface area contributed by atoms with Crippen LogP contribution in [0.4, 0.5) is 5.95 Å². The quantitative estimate of drug-likeness (QED) is 0.846. The lowest BCUT2D eigenvalue weighted by molar-refractivity contribution is -0.119. The van der Waals surface area contributed by atoms with E-state index in [0.717, 1.165) is 5.56 Å². The average molecular weight is 323 g/mol. The maximum atomic E-state index is 13.0. The first-order valence-corrected chi connectivity index (χ1v) is 7.88. The van der Waals surface area contributed by atoms with E-state index in [1.54, 1.807) is 4.90 Å². The van der Waals surface area contributed by atoms with Crippen LogP contribution in [0, 0.1) is 5.92 Å². The molecule has 2 saturated heterocycles. The number of rotatable bonds is 2. The second kappa shape index (κ2) is 5.59. The van der Waals surface area contributed by atoms with Gasteiger partial charge in [0.2, 0.25) is 11.9 Å². The molecule has 2 aliphatic heterocycles. The highest BCUT2D eigenvalue weighted by atomic mass is 16.2. The summed E-state index contributed by atoms with van der Waals surface area (Å²) in [5.74, 6) is 0.266. The molecule has 0 radical (unpaired) electrons. The molecule has 1 aromatic heterocycles. The zero-order valence-electron chi connectivity index (χ0n) is 13.0. The Morgan fingerprint density at radius 3 is 2.79 bits per heavy atom. The topological polar surface area (TPSA) is 101 Å². The third-order valence-corrected chi connectivity index (χ3v) is 4.61. The molecule has 7 heteroatoms. The number of hydrogen-bond acceptors (Lipinski definition) is 5. The predicted octanol–water partition coefficient (Wildman–Crippen LogP) is 0.686. The molecule has 4 rings (SSSR count). The number of nitrogens with zero attached hydrogens (tertiary/aromatic N) is 3. The van der Waals surface area contributed by atoms with Crippen molar-refractivity contribution in [2.45, 2.75) is 12.5 Å². The largest absolute Gasteiger partial charge is 0.368 e. The molecule has 0 saturated carbocycles. The SMILES string of the molecule is Nc1ncc(C(=O)N2C[C@@H]3CC(=O)N[C@@H]3C2)c(-c2ccccc2)n1. The highest BCUT2D eigenvalue weighted by Crippen LogP contribution is 2.29. The van der Waals surface area contributed by atoms with Crippen molar-refractivity contribution in [1.82, 2.24) is 20.2 Å². The van der Waals surface area contributed by atoms with Crippen molar-refractivity contribution in [3.05, 3.63) is 42.1 Å². The van der Waals surface area contributed by atoms with Gasteiger partial charge in [0.25, 0.3) is 5.91 Å². The number of hydrogen-bond donors (Lipinski definition) is 2. The molecular weight excluding hydrogens is 306 g/mol. The maximum Gasteiger partial charge on any atom is 0.257 e. The van der Waals surface area contributed by atoms with Crippen molar-refractivity contribution in [2.75, 3.05) is 18.8 Å². The second-order valence-electron chi connectivity index (χ2n) is 6.20. The summed E-state index contributed by atoms with van der Waals surface area (Å²) >= 11 is 0. The second-order valence-corrected chi connectivity index (χ2v) is 6.20. The molecule has 0 unspecified atom stereocenters. The number of likely N-dealkylation sites (tertiary alicyclic amines) is 1. The number of aromatic nitrogens is 2. The van der Waals surface area contributed by atoms with Crippen LogP contribution in [-0.4, -0.2) is 45.8 Å². The van der Waals surface area contributed by atoms with Crippen LogP contribution in [0.5, 0.6) is 0 Å². The lowest BCUT2D eigenvalue weighted by Gasteiger charge is -2.19. The number of nitrogens with two attached hydrogens (primary N) is 1. The molecule has 122 valence electrons. The van der Waals surface area contributed by atoms with Crippen LogP contribution < -0.4 is 11.1 Å². The minimum absolute atomic E-state index is 0.0522. The summed E-state index contributed by atoms with van der Waals surface area (Å²) in [5, 5.41) is 2.92. The first-order valence-electron chi connectivity index (χ1n) is 7.88. The zero-order valence-corrected chi connectivity index (χ0v) is 13.0. The fourth-order valence-corrected chi connectivity index (χ4v) is 3.45. The van der Waals surface area contributed by atoms with E-state index in [2.05, 4.69) is 15.3 Å². The summed E-state index contributed by atoms with van der Waals surface area (Å²) in [5.41, 5.74) is 7.50. The van der Waals surface area contributed by atoms with Crippen molar-refractivity contribution in [2.24, 2.45) is 5.92 Å². The van der Waals surface area contributed by atoms with Crippen LogP contribution in [0.2, 0.25) is 0 Å². The van der Waals surface area contributed by atoms with E-state index in [1.165, 1.54) is 6.20 Å². The summed E-state index contributed by atoms with van der Waals surface area (Å²) in [7, 11) is 0. The molecule has 0 bridgehead atoms. The van der Waals surface area contributed by atoms with Crippen LogP contribution in [0.1, 0.15) is 16.8 Å². The molecule has 0 spiro atoms. The maximum absolute atomic E-state index is 13.0. The van der Waals surface area contributed by atoms with Gasteiger partial charge < -0.3 is 16.0 Å². The number of fused-ring (bicyclic) bond motifs is 1. The van der Waals surface area contributed by atoms with Crippen LogP contribution in [0.3, 0.4) is 0 Å². The molecule has 2 atom stereocenters. The van der Waals surface area contributed by atoms with Gasteiger partial charge in [-0.25, -0.2) is 9.97 Å². The van der Waals surface area contributed by atoms with E-state index in [9.17, 15) is 9.59 Å². The minimum atomic E-state index is -0.127. The highest BCUT2D eigenvalue weighted by molar-refractivity contribution is 6.00. The molecular formula is C17H17N5O2. The fourth-order valence-electron chi connectivity index (χ4n) is 3.45. The van der Waals surface area contributed by atoms with Gasteiger partial charge in [-0.1, -0.05) is 30.3 Å². The van der Waals surface area contributed by atoms with Crippen LogP contribution in [0.15, 0.2) is 36.5 Å². The van der Waals surface area contributed by atoms with Crippen LogP contribution >= 0.6 is 0 Å². The van der Waals surface area contributed by atoms with E-state index >= 15 is 0 Å². The van der Waals surface area contributed by atoms with E-state index in [4.69, 9.17) is 5.73 Å². The Hall–Kier alpha value is -2.96. The predicted molar refractivity (Wildman–Crippen MR) is 87.8 cm³/mol. The summed E-state index contributed by atoms with van der Waals surface area (Å²) in [6, 6.07) is 9.50. The molecule has 24 heavy (non-hydrogen) atoms. The molecule has 2 amide bonds. The normalized spacial score (nSPS) is 22.3. The molecule has 1 aromatic carbocycles. The molecule has 2 aromatic rings. The number of carbonyl (C=O) groups is 2. The van der Waals surface area contributed by atoms with Gasteiger partial charge in [0, 0.05) is 37.2 Å². The summed E-state index contributed by atoms with van der Waals surface area (Å²) < 4.78 is 0. The standard InChI is InChI=1S/C17H17N5O2/c18-17-19-7-12(15(21-17)10-4-2-1-3-5-10)16(24)22-8-11-6-14(23)20-13(11)9-22/h1-5,7,11,13H,6,8-9H2,(H,20,23)(H2,18,19,21)/t11-,13+/m0/s1. The molecule has 3 N–H and O–H groups in total. The van der Waals surface area contributed by atoms with Crippen molar-refractivity contribution in [3.63, 3.8) is 0 Å². The number of benzene rings is 1. The Balaban J connectivity index is 1.65. The molecule has 2 fully saturated rings.